The van der Waals surface area contributed by atoms with Crippen LogP contribution in [0.15, 0.2) is 24.4 Å². The summed E-state index contributed by atoms with van der Waals surface area (Å²) in [7, 11) is -1.52. The van der Waals surface area contributed by atoms with Gasteiger partial charge in [0.05, 0.1) is 18.9 Å². The van der Waals surface area contributed by atoms with Crippen molar-refractivity contribution in [1.82, 2.24) is 14.3 Å². The van der Waals surface area contributed by atoms with Gasteiger partial charge in [0.25, 0.3) is 0 Å². The Morgan fingerprint density at radius 2 is 2.00 bits per heavy atom. The van der Waals surface area contributed by atoms with Gasteiger partial charge in [0.2, 0.25) is 10.0 Å². The molecule has 0 bridgehead atoms. The minimum atomic E-state index is -3.13. The van der Waals surface area contributed by atoms with E-state index in [-0.39, 0.29) is 6.10 Å². The molecule has 23 heavy (non-hydrogen) atoms. The molecule has 124 valence electrons. The van der Waals surface area contributed by atoms with E-state index in [0.29, 0.717) is 31.9 Å². The van der Waals surface area contributed by atoms with Gasteiger partial charge in [-0.25, -0.2) is 17.7 Å². The molecule has 0 atom stereocenters. The van der Waals surface area contributed by atoms with E-state index in [2.05, 4.69) is 9.97 Å². The molecular weight excluding hydrogens is 318 g/mol. The Labute approximate surface area is 135 Å². The van der Waals surface area contributed by atoms with Crippen molar-refractivity contribution >= 4 is 20.9 Å². The van der Waals surface area contributed by atoms with Crippen molar-refractivity contribution in [3.05, 3.63) is 24.4 Å². The van der Waals surface area contributed by atoms with Crippen molar-refractivity contribution in [1.29, 1.82) is 0 Å². The molecule has 0 saturated carbocycles. The van der Waals surface area contributed by atoms with E-state index in [9.17, 15) is 8.42 Å². The second kappa shape index (κ2) is 6.29. The minimum Gasteiger partial charge on any atom is -0.497 e. The predicted octanol–water partition coefficient (Wildman–Crippen LogP) is 1.44. The standard InChI is InChI=1S/C15H19N3O4S/c1-21-13-4-3-11-10-16-15(17-14(11)9-13)22-12-5-7-18(8-6-12)23(2,19)20/h3-4,9-10,12H,5-8H2,1-2H3. The van der Waals surface area contributed by atoms with Crippen molar-refractivity contribution in [2.75, 3.05) is 26.5 Å². The molecule has 8 heteroatoms. The summed E-state index contributed by atoms with van der Waals surface area (Å²) in [5.41, 5.74) is 0.753. The van der Waals surface area contributed by atoms with Crippen LogP contribution in [0.1, 0.15) is 12.8 Å². The van der Waals surface area contributed by atoms with E-state index in [1.807, 2.05) is 18.2 Å². The SMILES string of the molecule is COc1ccc2cnc(OC3CCN(S(C)(=O)=O)CC3)nc2c1. The van der Waals surface area contributed by atoms with Crippen LogP contribution in [0.5, 0.6) is 11.8 Å². The third-order valence-electron chi connectivity index (χ3n) is 3.91. The number of hydrogen-bond acceptors (Lipinski definition) is 6. The van der Waals surface area contributed by atoms with Gasteiger partial charge in [0.1, 0.15) is 11.9 Å². The van der Waals surface area contributed by atoms with E-state index in [1.54, 1.807) is 13.3 Å². The Morgan fingerprint density at radius 3 is 2.65 bits per heavy atom. The average molecular weight is 337 g/mol. The van der Waals surface area contributed by atoms with E-state index >= 15 is 0 Å². The molecule has 2 aromatic rings. The minimum absolute atomic E-state index is 0.0731. The number of benzene rings is 1. The summed E-state index contributed by atoms with van der Waals surface area (Å²) < 4.78 is 35.5. The Bertz CT molecular complexity index is 801. The lowest BCUT2D eigenvalue weighted by Crippen LogP contribution is -2.41. The van der Waals surface area contributed by atoms with Crippen molar-refractivity contribution in [3.63, 3.8) is 0 Å². The average Bonchev–Trinajstić information content (AvgIpc) is 2.54. The van der Waals surface area contributed by atoms with Crippen LogP contribution in [-0.4, -0.2) is 55.3 Å². The third-order valence-corrected chi connectivity index (χ3v) is 5.21. The van der Waals surface area contributed by atoms with Gasteiger partial charge in [-0.3, -0.25) is 0 Å². The number of rotatable bonds is 4. The quantitative estimate of drug-likeness (QED) is 0.840. The number of hydrogen-bond donors (Lipinski definition) is 0. The fourth-order valence-corrected chi connectivity index (χ4v) is 3.47. The largest absolute Gasteiger partial charge is 0.497 e. The molecule has 0 radical (unpaired) electrons. The molecule has 1 saturated heterocycles. The van der Waals surface area contributed by atoms with Crippen molar-refractivity contribution < 1.29 is 17.9 Å². The van der Waals surface area contributed by atoms with Gasteiger partial charge >= 0.3 is 6.01 Å². The maximum atomic E-state index is 11.5. The van der Waals surface area contributed by atoms with Crippen LogP contribution in [0.2, 0.25) is 0 Å². The zero-order valence-corrected chi connectivity index (χ0v) is 13.9. The molecule has 0 aliphatic carbocycles. The van der Waals surface area contributed by atoms with Crippen LogP contribution < -0.4 is 9.47 Å². The molecule has 1 fully saturated rings. The molecule has 1 aromatic carbocycles. The van der Waals surface area contributed by atoms with Crippen LogP contribution in [0.3, 0.4) is 0 Å². The predicted molar refractivity (Wildman–Crippen MR) is 86.2 cm³/mol. The second-order valence-corrected chi connectivity index (χ2v) is 7.54. The summed E-state index contributed by atoms with van der Waals surface area (Å²) in [5, 5.41) is 0.907. The zero-order chi connectivity index (χ0) is 16.4. The fourth-order valence-electron chi connectivity index (χ4n) is 2.60. The summed E-state index contributed by atoms with van der Waals surface area (Å²) in [6, 6.07) is 5.88. The highest BCUT2D eigenvalue weighted by Gasteiger charge is 2.26. The molecule has 0 N–H and O–H groups in total. The normalized spacial score (nSPS) is 17.3. The van der Waals surface area contributed by atoms with Gasteiger partial charge in [-0.2, -0.15) is 4.98 Å². The maximum absolute atomic E-state index is 11.5. The first-order valence-electron chi connectivity index (χ1n) is 7.38. The smallest absolute Gasteiger partial charge is 0.317 e. The topological polar surface area (TPSA) is 81.6 Å². The lowest BCUT2D eigenvalue weighted by Gasteiger charge is -2.29. The van der Waals surface area contributed by atoms with Crippen molar-refractivity contribution in [2.45, 2.75) is 18.9 Å². The van der Waals surface area contributed by atoms with Crippen LogP contribution in [0, 0.1) is 0 Å². The summed E-state index contributed by atoms with van der Waals surface area (Å²) in [4.78, 5) is 8.62. The monoisotopic (exact) mass is 337 g/mol. The summed E-state index contributed by atoms with van der Waals surface area (Å²) in [6.45, 7) is 0.926. The molecular formula is C15H19N3O4S. The highest BCUT2D eigenvalue weighted by molar-refractivity contribution is 7.88. The van der Waals surface area contributed by atoms with Crippen LogP contribution in [0.4, 0.5) is 0 Å². The first kappa shape index (κ1) is 15.9. The first-order chi connectivity index (χ1) is 11.0. The Morgan fingerprint density at radius 1 is 1.26 bits per heavy atom. The molecule has 2 heterocycles. The molecule has 1 aliphatic rings. The van der Waals surface area contributed by atoms with E-state index in [4.69, 9.17) is 9.47 Å². The van der Waals surface area contributed by atoms with Crippen LogP contribution >= 0.6 is 0 Å². The van der Waals surface area contributed by atoms with E-state index in [0.717, 1.165) is 16.7 Å². The summed E-state index contributed by atoms with van der Waals surface area (Å²) >= 11 is 0. The number of sulfonamides is 1. The number of fused-ring (bicyclic) bond motifs is 1. The van der Waals surface area contributed by atoms with Gasteiger partial charge in [0.15, 0.2) is 0 Å². The molecule has 1 aliphatic heterocycles. The number of piperidine rings is 1. The number of aromatic nitrogens is 2. The van der Waals surface area contributed by atoms with Crippen molar-refractivity contribution in [2.24, 2.45) is 0 Å². The Balaban J connectivity index is 1.70. The molecule has 3 rings (SSSR count). The lowest BCUT2D eigenvalue weighted by atomic mass is 10.1. The second-order valence-electron chi connectivity index (χ2n) is 5.56. The van der Waals surface area contributed by atoms with Crippen molar-refractivity contribution in [3.8, 4) is 11.8 Å². The van der Waals surface area contributed by atoms with E-state index < -0.39 is 10.0 Å². The van der Waals surface area contributed by atoms with Gasteiger partial charge in [-0.1, -0.05) is 0 Å². The first-order valence-corrected chi connectivity index (χ1v) is 9.23. The molecule has 1 aromatic heterocycles. The maximum Gasteiger partial charge on any atom is 0.317 e. The molecule has 7 nitrogen and oxygen atoms in total. The van der Waals surface area contributed by atoms with Gasteiger partial charge in [0, 0.05) is 30.7 Å². The number of methoxy groups -OCH3 is 1. The van der Waals surface area contributed by atoms with Crippen LogP contribution in [-0.2, 0) is 10.0 Å². The molecule has 0 spiro atoms. The fraction of sp³-hybridized carbons (Fsp3) is 0.467. The molecule has 0 amide bonds. The number of nitrogens with zero attached hydrogens (tertiary/aromatic N) is 3. The summed E-state index contributed by atoms with van der Waals surface area (Å²) in [6.07, 6.45) is 4.13. The molecule has 0 unspecified atom stereocenters. The lowest BCUT2D eigenvalue weighted by molar-refractivity contribution is 0.125. The van der Waals surface area contributed by atoms with Crippen LogP contribution in [0.25, 0.3) is 10.9 Å². The highest BCUT2D eigenvalue weighted by Crippen LogP contribution is 2.22. The van der Waals surface area contributed by atoms with Gasteiger partial charge in [-0.05, 0) is 25.0 Å². The highest BCUT2D eigenvalue weighted by atomic mass is 32.2. The number of ether oxygens (including phenoxy) is 2. The summed E-state index contributed by atoms with van der Waals surface area (Å²) in [5.74, 6) is 0.726. The van der Waals surface area contributed by atoms with Gasteiger partial charge in [-0.15, -0.1) is 0 Å². The van der Waals surface area contributed by atoms with E-state index in [1.165, 1.54) is 10.6 Å². The Hall–Kier alpha value is -1.93. The van der Waals surface area contributed by atoms with Gasteiger partial charge < -0.3 is 9.47 Å². The Kier molecular flexibility index (Phi) is 4.36. The third kappa shape index (κ3) is 3.70. The zero-order valence-electron chi connectivity index (χ0n) is 13.1.